The molecular weight excluding hydrogens is 400 g/mol. The van der Waals surface area contributed by atoms with E-state index in [0.717, 1.165) is 29.5 Å². The molecule has 0 aliphatic rings. The lowest BCUT2D eigenvalue weighted by Crippen LogP contribution is -2.20. The van der Waals surface area contributed by atoms with Crippen LogP contribution >= 0.6 is 0 Å². The first-order valence-corrected chi connectivity index (χ1v) is 11.1. The molecule has 0 unspecified atom stereocenters. The first-order chi connectivity index (χ1) is 15.6. The van der Waals surface area contributed by atoms with Gasteiger partial charge in [0, 0.05) is 11.3 Å². The number of carbonyl (C=O) groups is 1. The summed E-state index contributed by atoms with van der Waals surface area (Å²) in [5, 5.41) is 2.88. The van der Waals surface area contributed by atoms with Crippen molar-refractivity contribution in [2.24, 2.45) is 0 Å². The quantitative estimate of drug-likeness (QED) is 0.344. The maximum atomic E-state index is 12.4. The molecule has 0 bridgehead atoms. The van der Waals surface area contributed by atoms with Gasteiger partial charge in [-0.2, -0.15) is 0 Å². The summed E-state index contributed by atoms with van der Waals surface area (Å²) in [6, 6.07) is 21.4. The number of nitrogens with one attached hydrogen (secondary N) is 1. The minimum atomic E-state index is -0.225. The Balaban J connectivity index is 1.44. The van der Waals surface area contributed by atoms with Crippen molar-refractivity contribution in [1.82, 2.24) is 4.98 Å². The zero-order chi connectivity index (χ0) is 22.5. The molecule has 0 radical (unpaired) electrons. The number of rotatable bonds is 8. The normalized spacial score (nSPS) is 12.0. The monoisotopic (exact) mass is 428 g/mol. The molecule has 0 saturated carbocycles. The molecule has 164 valence electrons. The number of hydrogen-bond acceptors (Lipinski definition) is 4. The van der Waals surface area contributed by atoms with Gasteiger partial charge in [-0.25, -0.2) is 4.98 Å². The van der Waals surface area contributed by atoms with Crippen molar-refractivity contribution in [2.75, 3.05) is 11.9 Å². The number of aryl methyl sites for hydroxylation is 1. The number of ether oxygens (including phenoxy) is 1. The number of anilines is 1. The number of amides is 1. The average molecular weight is 429 g/mol. The van der Waals surface area contributed by atoms with Crippen LogP contribution in [0.3, 0.4) is 0 Å². The molecular formula is C27H28N2O3. The van der Waals surface area contributed by atoms with Gasteiger partial charge >= 0.3 is 0 Å². The van der Waals surface area contributed by atoms with Crippen LogP contribution in [0.2, 0.25) is 0 Å². The van der Waals surface area contributed by atoms with Crippen LogP contribution in [0, 0.1) is 0 Å². The van der Waals surface area contributed by atoms with E-state index in [4.69, 9.17) is 9.15 Å². The minimum absolute atomic E-state index is 0.0586. The van der Waals surface area contributed by atoms with E-state index >= 15 is 0 Å². The second-order valence-electron chi connectivity index (χ2n) is 7.97. The Kier molecular flexibility index (Phi) is 6.55. The van der Waals surface area contributed by atoms with Gasteiger partial charge in [-0.05, 0) is 72.4 Å². The number of fused-ring (bicyclic) bond motifs is 1. The van der Waals surface area contributed by atoms with Crippen LogP contribution in [0.25, 0.3) is 22.6 Å². The summed E-state index contributed by atoms with van der Waals surface area (Å²) in [6.45, 7) is 6.42. The van der Waals surface area contributed by atoms with Crippen LogP contribution in [0.5, 0.6) is 5.75 Å². The van der Waals surface area contributed by atoms with Crippen molar-refractivity contribution >= 4 is 22.7 Å². The highest BCUT2D eigenvalue weighted by atomic mass is 16.5. The van der Waals surface area contributed by atoms with Crippen LogP contribution in [0.1, 0.15) is 44.2 Å². The summed E-state index contributed by atoms with van der Waals surface area (Å²) in [5.74, 6) is 1.46. The Labute approximate surface area is 188 Å². The molecule has 0 fully saturated rings. The maximum absolute atomic E-state index is 12.4. The Morgan fingerprint density at radius 2 is 1.88 bits per heavy atom. The molecule has 5 heteroatoms. The van der Waals surface area contributed by atoms with E-state index in [1.165, 1.54) is 11.1 Å². The van der Waals surface area contributed by atoms with Gasteiger partial charge in [0.2, 0.25) is 5.89 Å². The average Bonchev–Trinajstić information content (AvgIpc) is 3.26. The molecule has 0 aliphatic carbocycles. The van der Waals surface area contributed by atoms with Crippen LogP contribution < -0.4 is 10.1 Å². The van der Waals surface area contributed by atoms with Gasteiger partial charge in [0.1, 0.15) is 11.3 Å². The second kappa shape index (κ2) is 9.69. The van der Waals surface area contributed by atoms with Crippen molar-refractivity contribution < 1.29 is 13.9 Å². The van der Waals surface area contributed by atoms with Crippen molar-refractivity contribution in [3.63, 3.8) is 0 Å². The Hall–Kier alpha value is -3.60. The van der Waals surface area contributed by atoms with Crippen molar-refractivity contribution in [3.8, 4) is 17.2 Å². The van der Waals surface area contributed by atoms with Crippen LogP contribution in [-0.2, 0) is 11.2 Å². The highest BCUT2D eigenvalue weighted by molar-refractivity contribution is 5.92. The third kappa shape index (κ3) is 4.99. The Morgan fingerprint density at radius 3 is 2.62 bits per heavy atom. The molecule has 5 nitrogen and oxygen atoms in total. The van der Waals surface area contributed by atoms with Gasteiger partial charge in [0.15, 0.2) is 12.2 Å². The molecule has 1 N–H and O–H groups in total. The predicted molar refractivity (Wildman–Crippen MR) is 128 cm³/mol. The highest BCUT2D eigenvalue weighted by Crippen LogP contribution is 2.29. The van der Waals surface area contributed by atoms with E-state index in [1.54, 1.807) is 0 Å². The summed E-state index contributed by atoms with van der Waals surface area (Å²) in [4.78, 5) is 17.0. The third-order valence-corrected chi connectivity index (χ3v) is 5.69. The van der Waals surface area contributed by atoms with Crippen molar-refractivity contribution in [1.29, 1.82) is 0 Å². The number of carbonyl (C=O) groups excluding carboxylic acids is 1. The van der Waals surface area contributed by atoms with E-state index in [9.17, 15) is 4.79 Å². The minimum Gasteiger partial charge on any atom is -0.484 e. The van der Waals surface area contributed by atoms with Gasteiger partial charge < -0.3 is 14.5 Å². The Bertz CT molecular complexity index is 1210. The summed E-state index contributed by atoms with van der Waals surface area (Å²) in [6.07, 6.45) is 2.04. The van der Waals surface area contributed by atoms with Gasteiger partial charge in [0.05, 0.1) is 0 Å². The number of aromatic nitrogens is 1. The lowest BCUT2D eigenvalue weighted by Gasteiger charge is -2.08. The topological polar surface area (TPSA) is 64.4 Å². The fraction of sp³-hybridized carbons (Fsp3) is 0.259. The SMILES string of the molecule is CCc1ccc(OCC(=O)Nc2cccc(-c3nc4cc([C@@H](C)CC)ccc4o3)c2)cc1. The van der Waals surface area contributed by atoms with E-state index < -0.39 is 0 Å². The molecule has 0 spiro atoms. The first kappa shape index (κ1) is 21.6. The molecule has 32 heavy (non-hydrogen) atoms. The molecule has 3 aromatic carbocycles. The second-order valence-corrected chi connectivity index (χ2v) is 7.97. The van der Waals surface area contributed by atoms with E-state index in [1.807, 2.05) is 54.6 Å². The van der Waals surface area contributed by atoms with E-state index in [2.05, 4.69) is 43.2 Å². The molecule has 4 rings (SSSR count). The molecule has 0 aliphatic heterocycles. The molecule has 4 aromatic rings. The van der Waals surface area contributed by atoms with Crippen LogP contribution in [0.4, 0.5) is 5.69 Å². The fourth-order valence-electron chi connectivity index (χ4n) is 3.51. The summed E-state index contributed by atoms with van der Waals surface area (Å²) >= 11 is 0. The van der Waals surface area contributed by atoms with Gasteiger partial charge in [0.25, 0.3) is 5.91 Å². The van der Waals surface area contributed by atoms with Crippen molar-refractivity contribution in [2.45, 2.75) is 39.5 Å². The summed E-state index contributed by atoms with van der Waals surface area (Å²) in [5.41, 5.74) is 5.55. The standard InChI is InChI=1S/C27H28N2O3/c1-4-18(3)20-11-14-25-24(16-20)29-27(32-25)21-7-6-8-22(15-21)28-26(30)17-31-23-12-9-19(5-2)10-13-23/h6-16,18H,4-5,17H2,1-3H3,(H,28,30)/t18-/m0/s1. The summed E-state index contributed by atoms with van der Waals surface area (Å²) < 4.78 is 11.5. The zero-order valence-corrected chi connectivity index (χ0v) is 18.7. The molecule has 1 aromatic heterocycles. The van der Waals surface area contributed by atoms with E-state index in [0.29, 0.717) is 23.2 Å². The smallest absolute Gasteiger partial charge is 0.262 e. The number of nitrogens with zero attached hydrogens (tertiary/aromatic N) is 1. The maximum Gasteiger partial charge on any atom is 0.262 e. The van der Waals surface area contributed by atoms with Crippen LogP contribution in [-0.4, -0.2) is 17.5 Å². The number of oxazole rings is 1. The lowest BCUT2D eigenvalue weighted by atomic mass is 9.98. The highest BCUT2D eigenvalue weighted by Gasteiger charge is 2.12. The zero-order valence-electron chi connectivity index (χ0n) is 18.7. The first-order valence-electron chi connectivity index (χ1n) is 11.1. The van der Waals surface area contributed by atoms with Crippen molar-refractivity contribution in [3.05, 3.63) is 77.9 Å². The van der Waals surface area contributed by atoms with E-state index in [-0.39, 0.29) is 12.5 Å². The molecule has 1 heterocycles. The number of hydrogen-bond donors (Lipinski definition) is 1. The molecule has 0 saturated heterocycles. The Morgan fingerprint density at radius 1 is 1.06 bits per heavy atom. The molecule has 1 atom stereocenters. The lowest BCUT2D eigenvalue weighted by molar-refractivity contribution is -0.118. The predicted octanol–water partition coefficient (Wildman–Crippen LogP) is 6.59. The molecule has 1 amide bonds. The van der Waals surface area contributed by atoms with Gasteiger partial charge in [-0.1, -0.05) is 45.0 Å². The van der Waals surface area contributed by atoms with Crippen LogP contribution in [0.15, 0.2) is 71.1 Å². The third-order valence-electron chi connectivity index (χ3n) is 5.69. The van der Waals surface area contributed by atoms with Gasteiger partial charge in [-0.15, -0.1) is 0 Å². The summed E-state index contributed by atoms with van der Waals surface area (Å²) in [7, 11) is 0. The van der Waals surface area contributed by atoms with Gasteiger partial charge in [-0.3, -0.25) is 4.79 Å². The number of benzene rings is 3. The fourth-order valence-corrected chi connectivity index (χ4v) is 3.51. The largest absolute Gasteiger partial charge is 0.484 e.